The average Bonchev–Trinajstić information content (AvgIpc) is 2.38. The molecular weight excluding hydrogens is 264 g/mol. The maximum atomic E-state index is 12.1. The van der Waals surface area contributed by atoms with Crippen LogP contribution in [0.4, 0.5) is 5.69 Å². The van der Waals surface area contributed by atoms with Crippen molar-refractivity contribution in [2.24, 2.45) is 5.92 Å². The Morgan fingerprint density at radius 1 is 1.47 bits per heavy atom. The number of nitrogens with one attached hydrogen (secondary N) is 1. The van der Waals surface area contributed by atoms with Crippen LogP contribution in [0.1, 0.15) is 12.8 Å². The third-order valence-corrected chi connectivity index (χ3v) is 4.85. The first kappa shape index (κ1) is 14.2. The Kier molecular flexibility index (Phi) is 4.38. The minimum absolute atomic E-state index is 0.0806. The van der Waals surface area contributed by atoms with Gasteiger partial charge in [-0.1, -0.05) is 0 Å². The van der Waals surface area contributed by atoms with Crippen LogP contribution in [0.15, 0.2) is 23.4 Å². The molecule has 19 heavy (non-hydrogen) atoms. The summed E-state index contributed by atoms with van der Waals surface area (Å²) in [6.45, 7) is 2.47. The summed E-state index contributed by atoms with van der Waals surface area (Å²) in [5.74, 6) is 0.385. The van der Waals surface area contributed by atoms with Gasteiger partial charge in [0, 0.05) is 12.7 Å². The number of rotatable bonds is 4. The zero-order chi connectivity index (χ0) is 13.9. The minimum atomic E-state index is -3.60. The van der Waals surface area contributed by atoms with Gasteiger partial charge in [-0.2, -0.15) is 0 Å². The zero-order valence-electron chi connectivity index (χ0n) is 11.0. The average molecular weight is 284 g/mol. The van der Waals surface area contributed by atoms with Crippen LogP contribution in [0, 0.1) is 5.92 Å². The molecule has 2 rings (SSSR count). The molecule has 0 bridgehead atoms. The summed E-state index contributed by atoms with van der Waals surface area (Å²) in [5, 5.41) is -0.0806. The van der Waals surface area contributed by atoms with Crippen LogP contribution in [-0.4, -0.2) is 45.0 Å². The maximum Gasteiger partial charge on any atom is 0.260 e. The first-order valence-corrected chi connectivity index (χ1v) is 7.86. The summed E-state index contributed by atoms with van der Waals surface area (Å²) < 4.78 is 26.8. The number of hydrogen-bond acceptors (Lipinski definition) is 5. The number of anilines is 1. The molecule has 0 atom stereocenters. The number of nitrogens with zero attached hydrogens (tertiary/aromatic N) is 2. The molecule has 1 fully saturated rings. The van der Waals surface area contributed by atoms with E-state index in [4.69, 9.17) is 5.73 Å². The predicted octanol–water partition coefficient (Wildman–Crippen LogP) is 0.284. The monoisotopic (exact) mass is 284 g/mol. The standard InChI is InChI=1S/C12H20N4O2S/c1-16-7-4-10(5-8-16)9-15-19(17,18)12-11(13)3-2-6-14-12/h2-3,6,10,15H,4-5,7-9,13H2,1H3. The normalized spacial score (nSPS) is 18.6. The van der Waals surface area contributed by atoms with Crippen molar-refractivity contribution in [1.29, 1.82) is 0 Å². The van der Waals surface area contributed by atoms with Gasteiger partial charge in [0.25, 0.3) is 10.0 Å². The van der Waals surface area contributed by atoms with E-state index in [1.54, 1.807) is 6.07 Å². The van der Waals surface area contributed by atoms with E-state index in [0.29, 0.717) is 12.5 Å². The zero-order valence-corrected chi connectivity index (χ0v) is 11.9. The van der Waals surface area contributed by atoms with Gasteiger partial charge in [0.05, 0.1) is 5.69 Å². The van der Waals surface area contributed by atoms with Gasteiger partial charge >= 0.3 is 0 Å². The SMILES string of the molecule is CN1CCC(CNS(=O)(=O)c2ncccc2N)CC1. The van der Waals surface area contributed by atoms with E-state index in [1.807, 2.05) is 0 Å². The fourth-order valence-corrected chi connectivity index (χ4v) is 3.36. The van der Waals surface area contributed by atoms with Crippen molar-refractivity contribution in [1.82, 2.24) is 14.6 Å². The molecule has 1 aromatic heterocycles. The third-order valence-electron chi connectivity index (χ3n) is 3.46. The van der Waals surface area contributed by atoms with Gasteiger partial charge in [0.2, 0.25) is 0 Å². The smallest absolute Gasteiger partial charge is 0.260 e. The molecule has 0 spiro atoms. The first-order chi connectivity index (χ1) is 8.99. The summed E-state index contributed by atoms with van der Waals surface area (Å²) >= 11 is 0. The molecule has 2 heterocycles. The number of pyridine rings is 1. The summed E-state index contributed by atoms with van der Waals surface area (Å²) in [6, 6.07) is 3.16. The Hall–Kier alpha value is -1.18. The summed E-state index contributed by atoms with van der Waals surface area (Å²) in [6.07, 6.45) is 3.45. The van der Waals surface area contributed by atoms with E-state index in [9.17, 15) is 8.42 Å². The van der Waals surface area contributed by atoms with Crippen molar-refractivity contribution in [3.05, 3.63) is 18.3 Å². The van der Waals surface area contributed by atoms with E-state index < -0.39 is 10.0 Å². The Morgan fingerprint density at radius 3 is 2.79 bits per heavy atom. The molecule has 0 aromatic carbocycles. The second-order valence-electron chi connectivity index (χ2n) is 5.00. The van der Waals surface area contributed by atoms with Crippen LogP contribution in [0.3, 0.4) is 0 Å². The molecule has 6 nitrogen and oxygen atoms in total. The fraction of sp³-hybridized carbons (Fsp3) is 0.583. The number of piperidine rings is 1. The van der Waals surface area contributed by atoms with Crippen molar-refractivity contribution in [2.45, 2.75) is 17.9 Å². The lowest BCUT2D eigenvalue weighted by Gasteiger charge is -2.28. The fourth-order valence-electron chi connectivity index (χ4n) is 2.19. The summed E-state index contributed by atoms with van der Waals surface area (Å²) in [5.41, 5.74) is 5.82. The van der Waals surface area contributed by atoms with E-state index >= 15 is 0 Å². The Bertz CT molecular complexity index is 524. The van der Waals surface area contributed by atoms with Crippen molar-refractivity contribution in [3.63, 3.8) is 0 Å². The van der Waals surface area contributed by atoms with Gasteiger partial charge in [-0.3, -0.25) is 0 Å². The first-order valence-electron chi connectivity index (χ1n) is 6.38. The maximum absolute atomic E-state index is 12.1. The molecule has 0 radical (unpaired) electrons. The van der Waals surface area contributed by atoms with E-state index in [-0.39, 0.29) is 10.7 Å². The van der Waals surface area contributed by atoms with Crippen molar-refractivity contribution in [2.75, 3.05) is 32.4 Å². The van der Waals surface area contributed by atoms with Crippen molar-refractivity contribution < 1.29 is 8.42 Å². The van der Waals surface area contributed by atoms with Crippen LogP contribution in [-0.2, 0) is 10.0 Å². The summed E-state index contributed by atoms with van der Waals surface area (Å²) in [4.78, 5) is 6.09. The highest BCUT2D eigenvalue weighted by atomic mass is 32.2. The van der Waals surface area contributed by atoms with Crippen LogP contribution >= 0.6 is 0 Å². The lowest BCUT2D eigenvalue weighted by molar-refractivity contribution is 0.220. The lowest BCUT2D eigenvalue weighted by atomic mass is 9.98. The van der Waals surface area contributed by atoms with Gasteiger partial charge in [-0.05, 0) is 51.0 Å². The van der Waals surface area contributed by atoms with Gasteiger partial charge in [-0.25, -0.2) is 18.1 Å². The molecule has 0 aliphatic carbocycles. The highest BCUT2D eigenvalue weighted by Crippen LogP contribution is 2.17. The molecule has 7 heteroatoms. The molecule has 106 valence electrons. The van der Waals surface area contributed by atoms with Crippen molar-refractivity contribution in [3.8, 4) is 0 Å². The highest BCUT2D eigenvalue weighted by Gasteiger charge is 2.22. The van der Waals surface area contributed by atoms with E-state index in [2.05, 4.69) is 21.7 Å². The highest BCUT2D eigenvalue weighted by molar-refractivity contribution is 7.89. The van der Waals surface area contributed by atoms with Gasteiger partial charge < -0.3 is 10.6 Å². The molecule has 0 amide bonds. The van der Waals surface area contributed by atoms with Gasteiger partial charge in [-0.15, -0.1) is 0 Å². The molecule has 1 aromatic rings. The Balaban J connectivity index is 1.97. The summed E-state index contributed by atoms with van der Waals surface area (Å²) in [7, 11) is -1.53. The number of aromatic nitrogens is 1. The molecule has 0 unspecified atom stereocenters. The third kappa shape index (κ3) is 3.65. The van der Waals surface area contributed by atoms with Gasteiger partial charge in [0.15, 0.2) is 5.03 Å². The van der Waals surface area contributed by atoms with Crippen LogP contribution in [0.2, 0.25) is 0 Å². The Labute approximate surface area is 114 Å². The molecule has 3 N–H and O–H groups in total. The number of hydrogen-bond donors (Lipinski definition) is 2. The largest absolute Gasteiger partial charge is 0.396 e. The second-order valence-corrected chi connectivity index (χ2v) is 6.68. The van der Waals surface area contributed by atoms with Crippen LogP contribution in [0.5, 0.6) is 0 Å². The van der Waals surface area contributed by atoms with Crippen LogP contribution < -0.4 is 10.5 Å². The molecule has 0 saturated carbocycles. The Morgan fingerprint density at radius 2 is 2.16 bits per heavy atom. The number of likely N-dealkylation sites (tertiary alicyclic amines) is 1. The molecule has 1 aliphatic heterocycles. The lowest BCUT2D eigenvalue weighted by Crippen LogP contribution is -2.37. The quantitative estimate of drug-likeness (QED) is 0.829. The van der Waals surface area contributed by atoms with Crippen molar-refractivity contribution >= 4 is 15.7 Å². The topological polar surface area (TPSA) is 88.3 Å². The second kappa shape index (κ2) is 5.85. The predicted molar refractivity (Wildman–Crippen MR) is 74.1 cm³/mol. The number of nitrogens with two attached hydrogens (primary N) is 1. The van der Waals surface area contributed by atoms with Crippen LogP contribution in [0.25, 0.3) is 0 Å². The van der Waals surface area contributed by atoms with E-state index in [0.717, 1.165) is 25.9 Å². The minimum Gasteiger partial charge on any atom is -0.396 e. The number of nitrogen functional groups attached to an aromatic ring is 1. The van der Waals surface area contributed by atoms with E-state index in [1.165, 1.54) is 12.3 Å². The molecule has 1 aliphatic rings. The number of sulfonamides is 1. The molecule has 1 saturated heterocycles. The van der Waals surface area contributed by atoms with Gasteiger partial charge in [0.1, 0.15) is 0 Å². The molecular formula is C12H20N4O2S.